The molecular formula is C23H32N2. The second kappa shape index (κ2) is 9.17. The predicted molar refractivity (Wildman–Crippen MR) is 107 cm³/mol. The zero-order valence-corrected chi connectivity index (χ0v) is 15.8. The Kier molecular flexibility index (Phi) is 6.66. The number of nitrogens with zero attached hydrogens (tertiary/aromatic N) is 2. The van der Waals surface area contributed by atoms with Gasteiger partial charge in [0.25, 0.3) is 0 Å². The van der Waals surface area contributed by atoms with Crippen molar-refractivity contribution in [2.75, 3.05) is 20.1 Å². The summed E-state index contributed by atoms with van der Waals surface area (Å²) in [5.41, 5.74) is 4.26. The first-order chi connectivity index (χ1) is 12.2. The molecule has 0 spiro atoms. The summed E-state index contributed by atoms with van der Waals surface area (Å²) in [6.07, 6.45) is 5.11. The first-order valence-electron chi connectivity index (χ1n) is 9.79. The smallest absolute Gasteiger partial charge is 0.0237 e. The maximum Gasteiger partial charge on any atom is 0.0237 e. The van der Waals surface area contributed by atoms with E-state index in [4.69, 9.17) is 0 Å². The molecule has 0 radical (unpaired) electrons. The minimum absolute atomic E-state index is 0.765. The summed E-state index contributed by atoms with van der Waals surface area (Å²) in [6.45, 7) is 6.72. The molecule has 1 atom stereocenters. The molecule has 1 fully saturated rings. The van der Waals surface area contributed by atoms with Gasteiger partial charge in [0.1, 0.15) is 0 Å². The highest BCUT2D eigenvalue weighted by molar-refractivity contribution is 5.22. The molecule has 1 aliphatic heterocycles. The molecule has 25 heavy (non-hydrogen) atoms. The summed E-state index contributed by atoms with van der Waals surface area (Å²) in [7, 11) is 2.28. The normalized spacial score (nSPS) is 18.1. The van der Waals surface area contributed by atoms with Gasteiger partial charge in [-0.15, -0.1) is 0 Å². The van der Waals surface area contributed by atoms with Crippen LogP contribution in [0.15, 0.2) is 54.6 Å². The Hall–Kier alpha value is -1.64. The molecule has 3 rings (SSSR count). The highest BCUT2D eigenvalue weighted by atomic mass is 15.2. The zero-order valence-electron chi connectivity index (χ0n) is 15.8. The van der Waals surface area contributed by atoms with Crippen molar-refractivity contribution in [3.8, 4) is 0 Å². The van der Waals surface area contributed by atoms with E-state index >= 15 is 0 Å². The maximum absolute atomic E-state index is 2.61. The van der Waals surface area contributed by atoms with Crippen LogP contribution in [0.5, 0.6) is 0 Å². The van der Waals surface area contributed by atoms with Crippen molar-refractivity contribution in [2.24, 2.45) is 0 Å². The molecule has 0 N–H and O–H groups in total. The second-order valence-electron chi connectivity index (χ2n) is 7.43. The quantitative estimate of drug-likeness (QED) is 0.687. The van der Waals surface area contributed by atoms with E-state index in [-0.39, 0.29) is 0 Å². The van der Waals surface area contributed by atoms with Crippen molar-refractivity contribution in [1.82, 2.24) is 9.80 Å². The Bertz CT molecular complexity index is 620. The molecule has 1 heterocycles. The number of benzene rings is 2. The molecule has 1 unspecified atom stereocenters. The maximum atomic E-state index is 2.61. The van der Waals surface area contributed by atoms with E-state index in [9.17, 15) is 0 Å². The summed E-state index contributed by atoms with van der Waals surface area (Å²) in [5, 5.41) is 0. The number of aryl methyl sites for hydroxylation is 1. The van der Waals surface area contributed by atoms with Crippen molar-refractivity contribution >= 4 is 0 Å². The lowest BCUT2D eigenvalue weighted by Crippen LogP contribution is -2.31. The Balaban J connectivity index is 1.64. The molecule has 1 aliphatic rings. The van der Waals surface area contributed by atoms with Crippen molar-refractivity contribution in [2.45, 2.75) is 51.7 Å². The monoisotopic (exact) mass is 336 g/mol. The van der Waals surface area contributed by atoms with Crippen LogP contribution in [0.3, 0.4) is 0 Å². The van der Waals surface area contributed by atoms with Crippen LogP contribution in [-0.2, 0) is 19.5 Å². The highest BCUT2D eigenvalue weighted by Gasteiger charge is 2.21. The van der Waals surface area contributed by atoms with Gasteiger partial charge in [-0.2, -0.15) is 0 Å². The van der Waals surface area contributed by atoms with Crippen LogP contribution in [0.1, 0.15) is 42.9 Å². The molecule has 2 nitrogen and oxygen atoms in total. The molecule has 2 aromatic rings. The average Bonchev–Trinajstić information content (AvgIpc) is 3.06. The summed E-state index contributed by atoms with van der Waals surface area (Å²) in [5.74, 6) is 0. The van der Waals surface area contributed by atoms with Gasteiger partial charge in [0.2, 0.25) is 0 Å². The van der Waals surface area contributed by atoms with Gasteiger partial charge < -0.3 is 4.90 Å². The van der Waals surface area contributed by atoms with E-state index in [1.165, 1.54) is 49.0 Å². The van der Waals surface area contributed by atoms with Crippen LogP contribution in [0, 0.1) is 0 Å². The Morgan fingerprint density at radius 3 is 2.16 bits per heavy atom. The van der Waals surface area contributed by atoms with Crippen LogP contribution >= 0.6 is 0 Å². The summed E-state index contributed by atoms with van der Waals surface area (Å²) in [4.78, 5) is 5.15. The van der Waals surface area contributed by atoms with E-state index in [1.807, 2.05) is 0 Å². The lowest BCUT2D eigenvalue weighted by Gasteiger charge is -2.26. The number of likely N-dealkylation sites (tertiary alicyclic amines) is 1. The van der Waals surface area contributed by atoms with E-state index in [1.54, 1.807) is 0 Å². The summed E-state index contributed by atoms with van der Waals surface area (Å²) < 4.78 is 0. The topological polar surface area (TPSA) is 6.48 Å². The van der Waals surface area contributed by atoms with Gasteiger partial charge in [0, 0.05) is 25.7 Å². The third-order valence-corrected chi connectivity index (χ3v) is 5.54. The molecule has 0 saturated carbocycles. The molecule has 2 heteroatoms. The highest BCUT2D eigenvalue weighted by Crippen LogP contribution is 2.19. The van der Waals surface area contributed by atoms with Crippen molar-refractivity contribution in [3.05, 3.63) is 71.3 Å². The first-order valence-corrected chi connectivity index (χ1v) is 9.79. The summed E-state index contributed by atoms with van der Waals surface area (Å²) in [6, 6.07) is 20.8. The molecule has 0 aromatic heterocycles. The van der Waals surface area contributed by atoms with E-state index in [2.05, 4.69) is 78.4 Å². The van der Waals surface area contributed by atoms with Crippen LogP contribution < -0.4 is 0 Å². The van der Waals surface area contributed by atoms with Gasteiger partial charge in [-0.25, -0.2) is 0 Å². The average molecular weight is 337 g/mol. The third kappa shape index (κ3) is 5.42. The Morgan fingerprint density at radius 2 is 1.56 bits per heavy atom. The SMILES string of the molecule is CCc1ccc(CN(CCC2CCCN2C)Cc2ccccc2)cc1. The number of rotatable bonds is 8. The second-order valence-corrected chi connectivity index (χ2v) is 7.43. The fourth-order valence-corrected chi connectivity index (χ4v) is 3.87. The Morgan fingerprint density at radius 1 is 0.920 bits per heavy atom. The van der Waals surface area contributed by atoms with Gasteiger partial charge in [0.15, 0.2) is 0 Å². The summed E-state index contributed by atoms with van der Waals surface area (Å²) >= 11 is 0. The lowest BCUT2D eigenvalue weighted by atomic mass is 10.1. The Labute approximate surface area is 153 Å². The number of hydrogen-bond acceptors (Lipinski definition) is 2. The van der Waals surface area contributed by atoms with Crippen molar-refractivity contribution in [1.29, 1.82) is 0 Å². The lowest BCUT2D eigenvalue weighted by molar-refractivity contribution is 0.211. The molecule has 2 aromatic carbocycles. The fourth-order valence-electron chi connectivity index (χ4n) is 3.87. The van der Waals surface area contributed by atoms with Gasteiger partial charge in [-0.05, 0) is 56.0 Å². The van der Waals surface area contributed by atoms with Crippen LogP contribution in [0.25, 0.3) is 0 Å². The molecule has 0 amide bonds. The van der Waals surface area contributed by atoms with Gasteiger partial charge in [0.05, 0.1) is 0 Å². The predicted octanol–water partition coefficient (Wildman–Crippen LogP) is 4.74. The van der Waals surface area contributed by atoms with E-state index in [0.29, 0.717) is 0 Å². The largest absolute Gasteiger partial charge is 0.303 e. The van der Waals surface area contributed by atoms with Crippen molar-refractivity contribution < 1.29 is 0 Å². The standard InChI is InChI=1S/C23H32N2/c1-3-20-11-13-22(14-12-20)19-25(18-21-8-5-4-6-9-21)17-15-23-10-7-16-24(23)2/h4-6,8-9,11-14,23H,3,7,10,15-19H2,1-2H3. The number of hydrogen-bond donors (Lipinski definition) is 0. The first kappa shape index (κ1) is 18.2. The molecule has 1 saturated heterocycles. The molecule has 0 aliphatic carbocycles. The van der Waals surface area contributed by atoms with Crippen LogP contribution in [0.4, 0.5) is 0 Å². The van der Waals surface area contributed by atoms with Gasteiger partial charge in [-0.3, -0.25) is 4.90 Å². The van der Waals surface area contributed by atoms with E-state index < -0.39 is 0 Å². The minimum atomic E-state index is 0.765. The van der Waals surface area contributed by atoms with E-state index in [0.717, 1.165) is 25.6 Å². The fraction of sp³-hybridized carbons (Fsp3) is 0.478. The van der Waals surface area contributed by atoms with Crippen molar-refractivity contribution in [3.63, 3.8) is 0 Å². The zero-order chi connectivity index (χ0) is 17.5. The van der Waals surface area contributed by atoms with Crippen LogP contribution in [-0.4, -0.2) is 36.0 Å². The molecule has 0 bridgehead atoms. The molecule has 134 valence electrons. The minimum Gasteiger partial charge on any atom is -0.303 e. The van der Waals surface area contributed by atoms with Crippen LogP contribution in [0.2, 0.25) is 0 Å². The van der Waals surface area contributed by atoms with Gasteiger partial charge in [-0.1, -0.05) is 61.5 Å². The molecular weight excluding hydrogens is 304 g/mol. The third-order valence-electron chi connectivity index (χ3n) is 5.54. The van der Waals surface area contributed by atoms with Gasteiger partial charge >= 0.3 is 0 Å².